The molecule has 6 heteroatoms. The first-order valence-corrected chi connectivity index (χ1v) is 5.10. The second-order valence-electron chi connectivity index (χ2n) is 2.48. The summed E-state index contributed by atoms with van der Waals surface area (Å²) in [6.07, 6.45) is 1.22. The zero-order chi connectivity index (χ0) is 10.4. The van der Waals surface area contributed by atoms with Crippen LogP contribution < -0.4 is 5.32 Å². The highest BCUT2D eigenvalue weighted by molar-refractivity contribution is 7.07. The summed E-state index contributed by atoms with van der Waals surface area (Å²) in [4.78, 5) is 0.479. The molecule has 0 aliphatic rings. The zero-order valence-corrected chi connectivity index (χ0v) is 8.82. The van der Waals surface area contributed by atoms with Gasteiger partial charge in [0.2, 0.25) is 0 Å². The largest absolute Gasteiger partial charge is 0.381 e. The van der Waals surface area contributed by atoms with E-state index in [0.29, 0.717) is 28.7 Å². The summed E-state index contributed by atoms with van der Waals surface area (Å²) in [5, 5.41) is 20.3. The molecule has 0 saturated carbocycles. The van der Waals surface area contributed by atoms with Gasteiger partial charge in [-0.2, -0.15) is 14.9 Å². The van der Waals surface area contributed by atoms with Crippen LogP contribution in [0.25, 0.3) is 0 Å². The van der Waals surface area contributed by atoms with Crippen LogP contribution in [0, 0.1) is 22.7 Å². The van der Waals surface area contributed by atoms with Crippen LogP contribution in [0.1, 0.15) is 17.7 Å². The van der Waals surface area contributed by atoms with Crippen LogP contribution in [-0.2, 0) is 0 Å². The number of rotatable bonds is 4. The van der Waals surface area contributed by atoms with E-state index in [4.69, 9.17) is 22.1 Å². The SMILES string of the molecule is N#CCCCNc1c(Cl)nsc1C#N. The highest BCUT2D eigenvalue weighted by atomic mass is 35.5. The summed E-state index contributed by atoms with van der Waals surface area (Å²) >= 11 is 6.83. The number of nitrogens with one attached hydrogen (secondary N) is 1. The van der Waals surface area contributed by atoms with Gasteiger partial charge in [-0.3, -0.25) is 0 Å². The van der Waals surface area contributed by atoms with E-state index >= 15 is 0 Å². The second kappa shape index (κ2) is 5.43. The molecule has 4 nitrogen and oxygen atoms in total. The molecular weight excluding hydrogens is 220 g/mol. The Balaban J connectivity index is 2.54. The van der Waals surface area contributed by atoms with Gasteiger partial charge in [0.15, 0.2) is 5.15 Å². The lowest BCUT2D eigenvalue weighted by atomic mass is 10.3. The van der Waals surface area contributed by atoms with Gasteiger partial charge in [0.1, 0.15) is 16.6 Å². The topological polar surface area (TPSA) is 72.5 Å². The number of anilines is 1. The van der Waals surface area contributed by atoms with Crippen molar-refractivity contribution in [3.63, 3.8) is 0 Å². The van der Waals surface area contributed by atoms with Gasteiger partial charge in [0.25, 0.3) is 0 Å². The highest BCUT2D eigenvalue weighted by Gasteiger charge is 2.10. The van der Waals surface area contributed by atoms with E-state index in [9.17, 15) is 0 Å². The summed E-state index contributed by atoms with van der Waals surface area (Å²) in [5.74, 6) is 0. The van der Waals surface area contributed by atoms with Crippen molar-refractivity contribution in [1.29, 1.82) is 10.5 Å². The Labute approximate surface area is 90.9 Å². The summed E-state index contributed by atoms with van der Waals surface area (Å²) in [7, 11) is 0. The monoisotopic (exact) mass is 226 g/mol. The fourth-order valence-electron chi connectivity index (χ4n) is 0.881. The molecule has 0 spiro atoms. The van der Waals surface area contributed by atoms with Crippen LogP contribution in [0.3, 0.4) is 0 Å². The normalized spacial score (nSPS) is 9.07. The first kappa shape index (κ1) is 10.8. The molecule has 0 aromatic carbocycles. The van der Waals surface area contributed by atoms with E-state index in [2.05, 4.69) is 9.69 Å². The van der Waals surface area contributed by atoms with Crippen LogP contribution in [0.4, 0.5) is 5.69 Å². The minimum absolute atomic E-state index is 0.323. The lowest BCUT2D eigenvalue weighted by molar-refractivity contribution is 0.897. The minimum Gasteiger partial charge on any atom is -0.381 e. The predicted molar refractivity (Wildman–Crippen MR) is 55.2 cm³/mol. The van der Waals surface area contributed by atoms with Crippen molar-refractivity contribution in [3.05, 3.63) is 10.0 Å². The molecule has 1 aromatic heterocycles. The molecule has 0 atom stereocenters. The number of nitriles is 2. The Bertz CT molecular complexity index is 387. The third-order valence-electron chi connectivity index (χ3n) is 1.52. The van der Waals surface area contributed by atoms with E-state index in [1.165, 1.54) is 0 Å². The molecule has 0 bridgehead atoms. The van der Waals surface area contributed by atoms with Crippen LogP contribution in [-0.4, -0.2) is 10.9 Å². The van der Waals surface area contributed by atoms with Crippen molar-refractivity contribution in [1.82, 2.24) is 4.37 Å². The molecule has 1 aromatic rings. The predicted octanol–water partition coefficient (Wildman–Crippen LogP) is 2.38. The van der Waals surface area contributed by atoms with Gasteiger partial charge in [0.05, 0.1) is 6.07 Å². The Morgan fingerprint density at radius 3 is 2.93 bits per heavy atom. The van der Waals surface area contributed by atoms with Crippen molar-refractivity contribution in [2.24, 2.45) is 0 Å². The highest BCUT2D eigenvalue weighted by Crippen LogP contribution is 2.27. The van der Waals surface area contributed by atoms with Gasteiger partial charge in [-0.25, -0.2) is 0 Å². The van der Waals surface area contributed by atoms with Crippen molar-refractivity contribution in [2.45, 2.75) is 12.8 Å². The molecule has 0 amide bonds. The molecule has 1 heterocycles. The Morgan fingerprint density at radius 2 is 2.29 bits per heavy atom. The maximum Gasteiger partial charge on any atom is 0.167 e. The second-order valence-corrected chi connectivity index (χ2v) is 3.61. The fraction of sp³-hybridized carbons (Fsp3) is 0.375. The summed E-state index contributed by atoms with van der Waals surface area (Å²) in [6, 6.07) is 4.04. The third-order valence-corrected chi connectivity index (χ3v) is 2.64. The number of nitrogens with zero attached hydrogens (tertiary/aromatic N) is 3. The quantitative estimate of drug-likeness (QED) is 0.800. The molecule has 0 radical (unpaired) electrons. The summed E-state index contributed by atoms with van der Waals surface area (Å²) in [6.45, 7) is 0.625. The van der Waals surface area contributed by atoms with Crippen molar-refractivity contribution in [2.75, 3.05) is 11.9 Å². The van der Waals surface area contributed by atoms with Crippen molar-refractivity contribution < 1.29 is 0 Å². The van der Waals surface area contributed by atoms with Gasteiger partial charge in [0, 0.05) is 13.0 Å². The smallest absolute Gasteiger partial charge is 0.167 e. The average molecular weight is 227 g/mol. The Morgan fingerprint density at radius 1 is 1.50 bits per heavy atom. The van der Waals surface area contributed by atoms with E-state index in [1.807, 2.05) is 12.1 Å². The molecule has 0 unspecified atom stereocenters. The first-order chi connectivity index (χ1) is 6.79. The molecule has 72 valence electrons. The van der Waals surface area contributed by atoms with Gasteiger partial charge < -0.3 is 5.32 Å². The molecule has 0 aliphatic carbocycles. The van der Waals surface area contributed by atoms with E-state index < -0.39 is 0 Å². The van der Waals surface area contributed by atoms with Crippen LogP contribution in [0.2, 0.25) is 5.15 Å². The van der Waals surface area contributed by atoms with E-state index in [1.54, 1.807) is 0 Å². The maximum atomic E-state index is 8.70. The number of aromatic nitrogens is 1. The number of halogens is 1. The molecule has 14 heavy (non-hydrogen) atoms. The molecule has 0 fully saturated rings. The van der Waals surface area contributed by atoms with Gasteiger partial charge >= 0.3 is 0 Å². The summed E-state index contributed by atoms with van der Waals surface area (Å²) in [5.41, 5.74) is 0.581. The number of hydrogen-bond acceptors (Lipinski definition) is 5. The zero-order valence-electron chi connectivity index (χ0n) is 7.25. The third kappa shape index (κ3) is 2.59. The maximum absolute atomic E-state index is 8.70. The van der Waals surface area contributed by atoms with Crippen molar-refractivity contribution in [3.8, 4) is 12.1 Å². The molecular formula is C8H7ClN4S. The Hall–Kier alpha value is -1.30. The van der Waals surface area contributed by atoms with Gasteiger partial charge in [-0.1, -0.05) is 11.6 Å². The number of unbranched alkanes of at least 4 members (excludes halogenated alkanes) is 1. The molecule has 0 aliphatic heterocycles. The van der Waals surface area contributed by atoms with E-state index in [-0.39, 0.29) is 0 Å². The molecule has 0 saturated heterocycles. The summed E-state index contributed by atoms with van der Waals surface area (Å²) < 4.78 is 3.84. The van der Waals surface area contributed by atoms with Gasteiger partial charge in [-0.05, 0) is 18.0 Å². The van der Waals surface area contributed by atoms with E-state index in [0.717, 1.165) is 18.0 Å². The first-order valence-electron chi connectivity index (χ1n) is 3.95. The lowest BCUT2D eigenvalue weighted by Crippen LogP contribution is -2.01. The fourth-order valence-corrected chi connectivity index (χ4v) is 1.77. The minimum atomic E-state index is 0.323. The van der Waals surface area contributed by atoms with Crippen molar-refractivity contribution >= 4 is 28.8 Å². The average Bonchev–Trinajstić information content (AvgIpc) is 2.55. The standard InChI is InChI=1S/C8H7ClN4S/c9-8-7(6(5-11)14-13-8)12-4-2-1-3-10/h12H,1-2,4H2. The molecule has 1 rings (SSSR count). The van der Waals surface area contributed by atoms with Crippen LogP contribution in [0.15, 0.2) is 0 Å². The number of hydrogen-bond donors (Lipinski definition) is 1. The Kier molecular flexibility index (Phi) is 4.18. The van der Waals surface area contributed by atoms with Gasteiger partial charge in [-0.15, -0.1) is 0 Å². The van der Waals surface area contributed by atoms with Crippen LogP contribution in [0.5, 0.6) is 0 Å². The lowest BCUT2D eigenvalue weighted by Gasteiger charge is -2.01. The van der Waals surface area contributed by atoms with Crippen LogP contribution >= 0.6 is 23.1 Å². The molecule has 1 N–H and O–H groups in total.